The van der Waals surface area contributed by atoms with Crippen molar-refractivity contribution in [1.82, 2.24) is 0 Å². The zero-order chi connectivity index (χ0) is 9.23. The van der Waals surface area contributed by atoms with Gasteiger partial charge in [-0.3, -0.25) is 0 Å². The molecule has 0 heterocycles. The molecule has 0 bridgehead atoms. The molecule has 2 N–H and O–H groups in total. The van der Waals surface area contributed by atoms with E-state index in [0.29, 0.717) is 0 Å². The zero-order valence-electron chi connectivity index (χ0n) is 6.62. The summed E-state index contributed by atoms with van der Waals surface area (Å²) in [6.45, 7) is 3.31. The second-order valence-electron chi connectivity index (χ2n) is 1.80. The van der Waals surface area contributed by atoms with Crippen LogP contribution in [0.25, 0.3) is 0 Å². The van der Waals surface area contributed by atoms with Crippen molar-refractivity contribution < 1.29 is 10.2 Å². The molecule has 0 radical (unpaired) electrons. The summed E-state index contributed by atoms with van der Waals surface area (Å²) in [4.78, 5) is 0. The molecule has 0 amide bonds. The number of hydrogen-bond donors (Lipinski definition) is 2. The van der Waals surface area contributed by atoms with E-state index in [1.807, 2.05) is 0 Å². The Morgan fingerprint density at radius 3 is 2.75 bits per heavy atom. The normalized spacial score (nSPS) is 10.8. The molecule has 0 aromatic carbocycles. The number of aliphatic hydroxyl groups excluding tert-OH is 2. The van der Waals surface area contributed by atoms with Gasteiger partial charge >= 0.3 is 0 Å². The van der Waals surface area contributed by atoms with E-state index in [-0.39, 0.29) is 6.61 Å². The van der Waals surface area contributed by atoms with Gasteiger partial charge in [-0.1, -0.05) is 30.6 Å². The minimum atomic E-state index is -0.818. The summed E-state index contributed by atoms with van der Waals surface area (Å²) in [6, 6.07) is 0. The van der Waals surface area contributed by atoms with Gasteiger partial charge in [-0.05, 0) is 17.9 Å². The average molecular weight is 162 g/mol. The summed E-state index contributed by atoms with van der Waals surface area (Å²) >= 11 is 0. The zero-order valence-corrected chi connectivity index (χ0v) is 6.62. The molecule has 0 rings (SSSR count). The van der Waals surface area contributed by atoms with Crippen LogP contribution in [-0.4, -0.2) is 22.9 Å². The Labute approximate surface area is 72.2 Å². The SMILES string of the molecule is C=C[C@H](O)C#CC#C/C=C/CO. The molecule has 0 aromatic heterocycles. The molecule has 0 aliphatic heterocycles. The minimum absolute atomic E-state index is 0.0304. The van der Waals surface area contributed by atoms with Crippen LogP contribution in [0.5, 0.6) is 0 Å². The van der Waals surface area contributed by atoms with Crippen LogP contribution < -0.4 is 0 Å². The topological polar surface area (TPSA) is 40.5 Å². The van der Waals surface area contributed by atoms with E-state index in [2.05, 4.69) is 30.3 Å². The first-order valence-electron chi connectivity index (χ1n) is 3.38. The maximum absolute atomic E-state index is 8.84. The van der Waals surface area contributed by atoms with Gasteiger partial charge in [0, 0.05) is 0 Å². The molecule has 0 unspecified atom stereocenters. The summed E-state index contributed by atoms with van der Waals surface area (Å²) in [7, 11) is 0. The van der Waals surface area contributed by atoms with Crippen LogP contribution in [-0.2, 0) is 0 Å². The van der Waals surface area contributed by atoms with Crippen molar-refractivity contribution >= 4 is 0 Å². The molecule has 0 spiro atoms. The predicted octanol–water partition coefficient (Wildman–Crippen LogP) is 0.0886. The lowest BCUT2D eigenvalue weighted by molar-refractivity contribution is 0.281. The van der Waals surface area contributed by atoms with E-state index in [1.54, 1.807) is 0 Å². The Morgan fingerprint density at radius 1 is 1.42 bits per heavy atom. The van der Waals surface area contributed by atoms with Gasteiger partial charge in [-0.25, -0.2) is 0 Å². The smallest absolute Gasteiger partial charge is 0.134 e. The molecule has 0 fully saturated rings. The van der Waals surface area contributed by atoms with Gasteiger partial charge in [0.1, 0.15) is 6.10 Å². The molecular weight excluding hydrogens is 152 g/mol. The summed E-state index contributed by atoms with van der Waals surface area (Å²) < 4.78 is 0. The first-order chi connectivity index (χ1) is 5.81. The molecule has 0 saturated carbocycles. The summed E-state index contributed by atoms with van der Waals surface area (Å²) in [5.41, 5.74) is 0. The van der Waals surface area contributed by atoms with E-state index in [9.17, 15) is 0 Å². The van der Waals surface area contributed by atoms with E-state index >= 15 is 0 Å². The minimum Gasteiger partial charge on any atom is -0.392 e. The maximum atomic E-state index is 8.84. The second kappa shape index (κ2) is 7.63. The third-order valence-corrected chi connectivity index (χ3v) is 0.885. The van der Waals surface area contributed by atoms with Crippen LogP contribution >= 0.6 is 0 Å². The molecule has 0 aromatic rings. The standard InChI is InChI=1S/C10H10O2/c1-2-10(12)8-6-4-3-5-7-9-11/h2,5,7,10-12H,1,9H2/b7-5+/t10-/m0/s1. The van der Waals surface area contributed by atoms with Crippen molar-refractivity contribution in [2.75, 3.05) is 6.61 Å². The molecule has 0 saturated heterocycles. The highest BCUT2D eigenvalue weighted by atomic mass is 16.3. The van der Waals surface area contributed by atoms with Crippen LogP contribution in [0.4, 0.5) is 0 Å². The largest absolute Gasteiger partial charge is 0.392 e. The highest BCUT2D eigenvalue weighted by Gasteiger charge is 1.83. The fourth-order valence-corrected chi connectivity index (χ4v) is 0.358. The van der Waals surface area contributed by atoms with Gasteiger partial charge in [-0.2, -0.15) is 0 Å². The van der Waals surface area contributed by atoms with Crippen LogP contribution in [0.1, 0.15) is 0 Å². The van der Waals surface area contributed by atoms with Crippen molar-refractivity contribution in [3.05, 3.63) is 24.8 Å². The average Bonchev–Trinajstić information content (AvgIpc) is 2.10. The first-order valence-corrected chi connectivity index (χ1v) is 3.38. The fourth-order valence-electron chi connectivity index (χ4n) is 0.358. The first kappa shape index (κ1) is 10.5. The number of rotatable bonds is 2. The third kappa shape index (κ3) is 6.64. The predicted molar refractivity (Wildman–Crippen MR) is 48.0 cm³/mol. The van der Waals surface area contributed by atoms with Gasteiger partial charge in [0.2, 0.25) is 0 Å². The number of hydrogen-bond acceptors (Lipinski definition) is 2. The van der Waals surface area contributed by atoms with Crippen molar-refractivity contribution in [1.29, 1.82) is 0 Å². The monoisotopic (exact) mass is 162 g/mol. The number of aliphatic hydroxyl groups is 2. The van der Waals surface area contributed by atoms with Crippen LogP contribution in [0, 0.1) is 23.7 Å². The summed E-state index contributed by atoms with van der Waals surface area (Å²) in [5.74, 6) is 9.88. The fraction of sp³-hybridized carbons (Fsp3) is 0.200. The van der Waals surface area contributed by atoms with Gasteiger partial charge in [0.15, 0.2) is 0 Å². The second-order valence-corrected chi connectivity index (χ2v) is 1.80. The van der Waals surface area contributed by atoms with Crippen molar-refractivity contribution in [2.24, 2.45) is 0 Å². The molecule has 0 aliphatic rings. The highest BCUT2D eigenvalue weighted by Crippen LogP contribution is 1.76. The molecule has 62 valence electrons. The maximum Gasteiger partial charge on any atom is 0.134 e. The Kier molecular flexibility index (Phi) is 6.68. The van der Waals surface area contributed by atoms with Crippen molar-refractivity contribution in [3.63, 3.8) is 0 Å². The lowest BCUT2D eigenvalue weighted by Gasteiger charge is -1.86. The van der Waals surface area contributed by atoms with Gasteiger partial charge < -0.3 is 10.2 Å². The lowest BCUT2D eigenvalue weighted by Crippen LogP contribution is -1.94. The Balaban J connectivity index is 3.88. The van der Waals surface area contributed by atoms with Gasteiger partial charge in [-0.15, -0.1) is 0 Å². The Bertz CT molecular complexity index is 268. The summed E-state index contributed by atoms with van der Waals surface area (Å²) in [6.07, 6.45) is 3.49. The molecule has 1 atom stereocenters. The van der Waals surface area contributed by atoms with E-state index in [0.717, 1.165) is 0 Å². The molecule has 2 nitrogen and oxygen atoms in total. The Hall–Kier alpha value is -1.48. The van der Waals surface area contributed by atoms with Crippen LogP contribution in [0.15, 0.2) is 24.8 Å². The highest BCUT2D eigenvalue weighted by molar-refractivity contribution is 5.32. The van der Waals surface area contributed by atoms with E-state index in [1.165, 1.54) is 18.2 Å². The van der Waals surface area contributed by atoms with Gasteiger partial charge in [0.05, 0.1) is 6.61 Å². The quantitative estimate of drug-likeness (QED) is 0.446. The van der Waals surface area contributed by atoms with Crippen molar-refractivity contribution in [3.8, 4) is 23.7 Å². The molecule has 2 heteroatoms. The number of allylic oxidation sites excluding steroid dienone is 1. The summed E-state index contributed by atoms with van der Waals surface area (Å²) in [5, 5.41) is 17.1. The van der Waals surface area contributed by atoms with Crippen LogP contribution in [0.2, 0.25) is 0 Å². The van der Waals surface area contributed by atoms with Gasteiger partial charge in [0.25, 0.3) is 0 Å². The molecule has 12 heavy (non-hydrogen) atoms. The van der Waals surface area contributed by atoms with E-state index < -0.39 is 6.10 Å². The van der Waals surface area contributed by atoms with E-state index in [4.69, 9.17) is 10.2 Å². The molecular formula is C10H10O2. The Morgan fingerprint density at radius 2 is 2.17 bits per heavy atom. The van der Waals surface area contributed by atoms with Crippen molar-refractivity contribution in [2.45, 2.75) is 6.10 Å². The lowest BCUT2D eigenvalue weighted by atomic mass is 10.3. The van der Waals surface area contributed by atoms with Crippen LogP contribution in [0.3, 0.4) is 0 Å². The molecule has 0 aliphatic carbocycles. The third-order valence-electron chi connectivity index (χ3n) is 0.885.